The van der Waals surface area contributed by atoms with Gasteiger partial charge in [0.1, 0.15) is 11.6 Å². The first kappa shape index (κ1) is 10.3. The van der Waals surface area contributed by atoms with E-state index in [2.05, 4.69) is 0 Å². The molecule has 0 spiro atoms. The van der Waals surface area contributed by atoms with Gasteiger partial charge in [-0.05, 0) is 36.5 Å². The third kappa shape index (κ3) is 1.81. The third-order valence-electron chi connectivity index (χ3n) is 3.10. The summed E-state index contributed by atoms with van der Waals surface area (Å²) in [5.74, 6) is 0.0665. The summed E-state index contributed by atoms with van der Waals surface area (Å²) >= 11 is 0. The monoisotopic (exact) mass is 206 g/mol. The van der Waals surface area contributed by atoms with Gasteiger partial charge in [-0.2, -0.15) is 0 Å². The number of fused-ring (bicyclic) bond motifs is 1. The van der Waals surface area contributed by atoms with Gasteiger partial charge in [0.25, 0.3) is 0 Å². The van der Waals surface area contributed by atoms with Gasteiger partial charge in [0.15, 0.2) is 0 Å². The van der Waals surface area contributed by atoms with Crippen molar-refractivity contribution in [2.45, 2.75) is 38.5 Å². The molecule has 1 aromatic carbocycles. The lowest BCUT2D eigenvalue weighted by atomic mass is 9.94. The fourth-order valence-corrected chi connectivity index (χ4v) is 2.36. The van der Waals surface area contributed by atoms with E-state index in [-0.39, 0.29) is 17.5 Å². The van der Waals surface area contributed by atoms with E-state index in [1.54, 1.807) is 6.07 Å². The molecule has 0 amide bonds. The van der Waals surface area contributed by atoms with Crippen molar-refractivity contribution in [1.82, 2.24) is 0 Å². The van der Waals surface area contributed by atoms with Gasteiger partial charge >= 0.3 is 0 Å². The lowest BCUT2D eigenvalue weighted by molar-refractivity contribution is -0.120. The van der Waals surface area contributed by atoms with Gasteiger partial charge in [0.05, 0.1) is 0 Å². The summed E-state index contributed by atoms with van der Waals surface area (Å²) in [6.07, 6.45) is 2.98. The number of hydrogen-bond acceptors (Lipinski definition) is 1. The molecule has 15 heavy (non-hydrogen) atoms. The number of carbonyl (C=O) groups excluding carboxylic acids is 1. The minimum Gasteiger partial charge on any atom is -0.299 e. The second-order valence-corrected chi connectivity index (χ2v) is 4.12. The second-order valence-electron chi connectivity index (χ2n) is 4.12. The maximum absolute atomic E-state index is 13.4. The van der Waals surface area contributed by atoms with Gasteiger partial charge in [-0.15, -0.1) is 0 Å². The van der Waals surface area contributed by atoms with Gasteiger partial charge in [-0.1, -0.05) is 19.1 Å². The molecule has 0 aliphatic heterocycles. The van der Waals surface area contributed by atoms with Crippen molar-refractivity contribution in [3.05, 3.63) is 35.1 Å². The summed E-state index contributed by atoms with van der Waals surface area (Å²) in [6, 6.07) is 5.07. The molecule has 0 fully saturated rings. The van der Waals surface area contributed by atoms with E-state index >= 15 is 0 Å². The summed E-state index contributed by atoms with van der Waals surface area (Å²) in [4.78, 5) is 11.8. The number of rotatable bonds is 3. The molecule has 0 aromatic heterocycles. The number of benzene rings is 1. The maximum Gasteiger partial charge on any atom is 0.140 e. The lowest BCUT2D eigenvalue weighted by Gasteiger charge is -2.09. The minimum atomic E-state index is -0.153. The average molecular weight is 206 g/mol. The number of halogens is 1. The van der Waals surface area contributed by atoms with E-state index in [0.29, 0.717) is 12.8 Å². The van der Waals surface area contributed by atoms with E-state index in [9.17, 15) is 9.18 Å². The summed E-state index contributed by atoms with van der Waals surface area (Å²) in [5, 5.41) is 0. The van der Waals surface area contributed by atoms with Crippen LogP contribution in [-0.4, -0.2) is 5.78 Å². The number of Topliss-reactive ketones (excluding diaryl/α,β-unsaturated/α-hetero) is 1. The molecule has 0 heterocycles. The highest BCUT2D eigenvalue weighted by atomic mass is 19.1. The summed E-state index contributed by atoms with van der Waals surface area (Å²) in [7, 11) is 0. The minimum absolute atomic E-state index is 0.0457. The highest BCUT2D eigenvalue weighted by Crippen LogP contribution is 2.35. The van der Waals surface area contributed by atoms with Crippen LogP contribution in [0.4, 0.5) is 4.39 Å². The molecule has 1 unspecified atom stereocenters. The molecule has 80 valence electrons. The lowest BCUT2D eigenvalue weighted by Crippen LogP contribution is -2.08. The fraction of sp³-hybridized carbons (Fsp3) is 0.462. The van der Waals surface area contributed by atoms with Gasteiger partial charge < -0.3 is 0 Å². The smallest absolute Gasteiger partial charge is 0.140 e. The highest BCUT2D eigenvalue weighted by molar-refractivity contribution is 5.86. The van der Waals surface area contributed by atoms with Gasteiger partial charge in [-0.3, -0.25) is 4.79 Å². The van der Waals surface area contributed by atoms with Crippen molar-refractivity contribution in [3.63, 3.8) is 0 Å². The number of hydrogen-bond donors (Lipinski definition) is 0. The van der Waals surface area contributed by atoms with E-state index < -0.39 is 0 Å². The number of ketones is 1. The largest absolute Gasteiger partial charge is 0.299 e. The molecule has 1 nitrogen and oxygen atoms in total. The molecule has 1 aromatic rings. The first-order valence-corrected chi connectivity index (χ1v) is 5.54. The Hall–Kier alpha value is -1.18. The Morgan fingerprint density at radius 1 is 1.53 bits per heavy atom. The number of carbonyl (C=O) groups is 1. The summed E-state index contributed by atoms with van der Waals surface area (Å²) < 4.78 is 13.4. The van der Waals surface area contributed by atoms with Crippen molar-refractivity contribution in [2.24, 2.45) is 0 Å². The summed E-state index contributed by atoms with van der Waals surface area (Å²) in [5.41, 5.74) is 1.68. The van der Waals surface area contributed by atoms with Crippen LogP contribution in [0.3, 0.4) is 0 Å². The molecule has 1 aliphatic rings. The molecular weight excluding hydrogens is 191 g/mol. The SMILES string of the molecule is CCCC(=O)C1CCc2c(F)cccc21. The van der Waals surface area contributed by atoms with Crippen molar-refractivity contribution < 1.29 is 9.18 Å². The molecular formula is C13H15FO. The molecule has 0 radical (unpaired) electrons. The molecule has 0 saturated carbocycles. The Morgan fingerprint density at radius 2 is 2.33 bits per heavy atom. The quantitative estimate of drug-likeness (QED) is 0.742. The molecule has 1 atom stereocenters. The van der Waals surface area contributed by atoms with Gasteiger partial charge in [0, 0.05) is 12.3 Å². The second kappa shape index (κ2) is 4.13. The van der Waals surface area contributed by atoms with Crippen LogP contribution >= 0.6 is 0 Å². The topological polar surface area (TPSA) is 17.1 Å². The van der Waals surface area contributed by atoms with Crippen molar-refractivity contribution >= 4 is 5.78 Å². The molecule has 0 bridgehead atoms. The van der Waals surface area contributed by atoms with Crippen LogP contribution in [0.25, 0.3) is 0 Å². The van der Waals surface area contributed by atoms with Gasteiger partial charge in [-0.25, -0.2) is 4.39 Å². The first-order chi connectivity index (χ1) is 7.24. The zero-order valence-corrected chi connectivity index (χ0v) is 8.92. The van der Waals surface area contributed by atoms with Crippen LogP contribution < -0.4 is 0 Å². The first-order valence-electron chi connectivity index (χ1n) is 5.54. The molecule has 2 rings (SSSR count). The Morgan fingerprint density at radius 3 is 3.07 bits per heavy atom. The van der Waals surface area contributed by atoms with Crippen molar-refractivity contribution in [1.29, 1.82) is 0 Å². The normalized spacial score (nSPS) is 18.9. The van der Waals surface area contributed by atoms with E-state index in [1.807, 2.05) is 13.0 Å². The van der Waals surface area contributed by atoms with Crippen LogP contribution in [0.5, 0.6) is 0 Å². The predicted molar refractivity (Wildman–Crippen MR) is 57.4 cm³/mol. The van der Waals surface area contributed by atoms with Crippen molar-refractivity contribution in [2.75, 3.05) is 0 Å². The molecule has 1 aliphatic carbocycles. The predicted octanol–water partition coefficient (Wildman–Crippen LogP) is 3.22. The zero-order valence-electron chi connectivity index (χ0n) is 8.92. The van der Waals surface area contributed by atoms with Gasteiger partial charge in [0.2, 0.25) is 0 Å². The van der Waals surface area contributed by atoms with E-state index in [4.69, 9.17) is 0 Å². The van der Waals surface area contributed by atoms with Crippen LogP contribution in [0.1, 0.15) is 43.2 Å². The Kier molecular flexibility index (Phi) is 2.85. The maximum atomic E-state index is 13.4. The third-order valence-corrected chi connectivity index (χ3v) is 3.10. The van der Waals surface area contributed by atoms with Crippen LogP contribution in [0.2, 0.25) is 0 Å². The fourth-order valence-electron chi connectivity index (χ4n) is 2.36. The van der Waals surface area contributed by atoms with Crippen LogP contribution in [-0.2, 0) is 11.2 Å². The Balaban J connectivity index is 2.29. The molecule has 2 heteroatoms. The standard InChI is InChI=1S/C13H15FO/c1-2-4-13(15)11-8-7-10-9(11)5-3-6-12(10)14/h3,5-6,11H,2,4,7-8H2,1H3. The summed E-state index contributed by atoms with van der Waals surface area (Å²) in [6.45, 7) is 2.00. The van der Waals surface area contributed by atoms with E-state index in [1.165, 1.54) is 6.07 Å². The Bertz CT molecular complexity index is 384. The van der Waals surface area contributed by atoms with Crippen LogP contribution in [0, 0.1) is 5.82 Å². The average Bonchev–Trinajstić information content (AvgIpc) is 2.63. The molecule has 0 saturated heterocycles. The van der Waals surface area contributed by atoms with Crippen molar-refractivity contribution in [3.8, 4) is 0 Å². The molecule has 0 N–H and O–H groups in total. The van der Waals surface area contributed by atoms with Crippen LogP contribution in [0.15, 0.2) is 18.2 Å². The Labute approximate surface area is 89.3 Å². The highest BCUT2D eigenvalue weighted by Gasteiger charge is 2.29. The zero-order chi connectivity index (χ0) is 10.8. The van der Waals surface area contributed by atoms with E-state index in [0.717, 1.165) is 24.0 Å².